The van der Waals surface area contributed by atoms with Crippen molar-refractivity contribution < 1.29 is 32.3 Å². The monoisotopic (exact) mass is 598 g/mol. The summed E-state index contributed by atoms with van der Waals surface area (Å²) in [4.78, 5) is 30.0. The number of aliphatic hydroxyl groups is 1. The minimum atomic E-state index is -5.04. The van der Waals surface area contributed by atoms with E-state index in [2.05, 4.69) is 20.7 Å². The van der Waals surface area contributed by atoms with E-state index in [1.165, 1.54) is 36.7 Å². The lowest BCUT2D eigenvalue weighted by molar-refractivity contribution is -0.204. The summed E-state index contributed by atoms with van der Waals surface area (Å²) in [6.45, 7) is 1.83. The Balaban J connectivity index is 1.78. The second kappa shape index (κ2) is 12.6. The number of nitrogens with one attached hydrogen (secondary N) is 3. The first-order valence-electron chi connectivity index (χ1n) is 12.0. The Morgan fingerprint density at radius 1 is 1.17 bits per heavy atom. The van der Waals surface area contributed by atoms with Crippen LogP contribution in [0.5, 0.6) is 0 Å². The largest absolute Gasteiger partial charge is 0.416 e. The average molecular weight is 599 g/mol. The first-order chi connectivity index (χ1) is 19.0. The number of hydrogen-bond acceptors (Lipinski definition) is 7. The van der Waals surface area contributed by atoms with Crippen molar-refractivity contribution in [2.24, 2.45) is 5.73 Å². The van der Waals surface area contributed by atoms with Gasteiger partial charge in [0.25, 0.3) is 5.91 Å². The van der Waals surface area contributed by atoms with Crippen molar-refractivity contribution in [1.82, 2.24) is 30.3 Å². The molecule has 16 heteroatoms. The van der Waals surface area contributed by atoms with Gasteiger partial charge in [0, 0.05) is 22.7 Å². The van der Waals surface area contributed by atoms with Crippen LogP contribution in [0, 0.1) is 11.2 Å². The molecule has 0 aliphatic heterocycles. The number of amides is 3. The molecule has 3 amide bonds. The van der Waals surface area contributed by atoms with E-state index in [1.807, 2.05) is 0 Å². The highest BCUT2D eigenvalue weighted by molar-refractivity contribution is 6.30. The molecule has 6 N–H and O–H groups in total. The Hall–Kier alpha value is -4.08. The van der Waals surface area contributed by atoms with Gasteiger partial charge in [-0.25, -0.2) is 18.9 Å². The maximum Gasteiger partial charge on any atom is 0.416 e. The standard InChI is InChI=1S/C25H27ClF4N8O3/c1-24(2,32)12-34-22(40)17-9-16(27)7-8-18(17)38-13-35-20(36-38)10-33-23(41)37(11-19(39)25(28,29)30)21(31)14-3-5-15(26)6-4-14/h3-9,13,19,31,39H,10-12,32H2,1-2H3,(H,33,41)(H,34,40)/t19-/m0/s1. The normalized spacial score (nSPS) is 12.5. The third-order valence-electron chi connectivity index (χ3n) is 5.46. The van der Waals surface area contributed by atoms with Crippen molar-refractivity contribution >= 4 is 29.4 Å². The maximum absolute atomic E-state index is 13.9. The zero-order valence-corrected chi connectivity index (χ0v) is 22.6. The quantitative estimate of drug-likeness (QED) is 0.144. The number of alkyl halides is 3. The number of benzene rings is 2. The topological polar surface area (TPSA) is 162 Å². The summed E-state index contributed by atoms with van der Waals surface area (Å²) in [6.07, 6.45) is -6.77. The molecule has 11 nitrogen and oxygen atoms in total. The minimum Gasteiger partial charge on any atom is -0.382 e. The van der Waals surface area contributed by atoms with E-state index >= 15 is 0 Å². The maximum atomic E-state index is 13.9. The number of rotatable bonds is 9. The van der Waals surface area contributed by atoms with Crippen LogP contribution in [0.2, 0.25) is 5.02 Å². The SMILES string of the molecule is CC(C)(N)CNC(=O)c1cc(F)ccc1-n1cnc(CNC(=O)N(C[C@H](O)C(F)(F)F)C(=N)c2ccc(Cl)cc2)n1. The van der Waals surface area contributed by atoms with E-state index in [1.54, 1.807) is 13.8 Å². The van der Waals surface area contributed by atoms with Crippen LogP contribution in [0.3, 0.4) is 0 Å². The summed E-state index contributed by atoms with van der Waals surface area (Å²) < 4.78 is 54.3. The molecule has 0 unspecified atom stereocenters. The molecule has 0 saturated carbocycles. The molecule has 0 saturated heterocycles. The summed E-state index contributed by atoms with van der Waals surface area (Å²) in [5.74, 6) is -1.94. The molecule has 0 radical (unpaired) electrons. The Kier molecular flexibility index (Phi) is 9.68. The Morgan fingerprint density at radius 3 is 2.44 bits per heavy atom. The van der Waals surface area contributed by atoms with Crippen LogP contribution in [0.25, 0.3) is 5.69 Å². The third-order valence-corrected chi connectivity index (χ3v) is 5.71. The Morgan fingerprint density at radius 2 is 1.83 bits per heavy atom. The highest BCUT2D eigenvalue weighted by atomic mass is 35.5. The van der Waals surface area contributed by atoms with Gasteiger partial charge in [-0.15, -0.1) is 5.10 Å². The van der Waals surface area contributed by atoms with Crippen molar-refractivity contribution in [1.29, 1.82) is 5.41 Å². The molecule has 3 aromatic rings. The lowest BCUT2D eigenvalue weighted by atomic mass is 10.1. The molecule has 220 valence electrons. The van der Waals surface area contributed by atoms with Gasteiger partial charge in [0.05, 0.1) is 24.3 Å². The fraction of sp³-hybridized carbons (Fsp3) is 0.320. The lowest BCUT2D eigenvalue weighted by Crippen LogP contribution is -2.50. The first-order valence-corrected chi connectivity index (χ1v) is 12.3. The zero-order valence-electron chi connectivity index (χ0n) is 21.8. The number of amidine groups is 1. The summed E-state index contributed by atoms with van der Waals surface area (Å²) in [6, 6.07) is 7.70. The van der Waals surface area contributed by atoms with Crippen LogP contribution in [0.15, 0.2) is 48.8 Å². The van der Waals surface area contributed by atoms with E-state index < -0.39 is 54.5 Å². The zero-order chi connectivity index (χ0) is 30.5. The van der Waals surface area contributed by atoms with E-state index in [9.17, 15) is 32.3 Å². The smallest absolute Gasteiger partial charge is 0.382 e. The molecule has 0 spiro atoms. The summed E-state index contributed by atoms with van der Waals surface area (Å²) in [7, 11) is 0. The molecular formula is C25H27ClF4N8O3. The molecule has 1 aromatic heterocycles. The summed E-state index contributed by atoms with van der Waals surface area (Å²) in [5.41, 5.74) is 5.32. The van der Waals surface area contributed by atoms with Crippen molar-refractivity contribution in [3.05, 3.63) is 76.6 Å². The number of aliphatic hydroxyl groups excluding tert-OH is 1. The van der Waals surface area contributed by atoms with Crippen LogP contribution in [-0.4, -0.2) is 73.5 Å². The van der Waals surface area contributed by atoms with Crippen LogP contribution >= 0.6 is 11.6 Å². The fourth-order valence-corrected chi connectivity index (χ4v) is 3.48. The number of hydrogen-bond donors (Lipinski definition) is 5. The predicted octanol–water partition coefficient (Wildman–Crippen LogP) is 2.99. The van der Waals surface area contributed by atoms with Gasteiger partial charge in [-0.2, -0.15) is 13.2 Å². The summed E-state index contributed by atoms with van der Waals surface area (Å²) in [5, 5.41) is 27.2. The average Bonchev–Trinajstić information content (AvgIpc) is 3.36. The molecule has 0 aliphatic carbocycles. The van der Waals surface area contributed by atoms with Gasteiger partial charge in [0.1, 0.15) is 18.0 Å². The van der Waals surface area contributed by atoms with E-state index in [-0.39, 0.29) is 29.2 Å². The number of aromatic nitrogens is 3. The van der Waals surface area contributed by atoms with Gasteiger partial charge in [0.15, 0.2) is 11.9 Å². The molecule has 2 aromatic carbocycles. The molecule has 41 heavy (non-hydrogen) atoms. The Labute approximate surface area is 236 Å². The van der Waals surface area contributed by atoms with E-state index in [0.717, 1.165) is 16.8 Å². The van der Waals surface area contributed by atoms with Gasteiger partial charge in [-0.3, -0.25) is 15.1 Å². The van der Waals surface area contributed by atoms with E-state index in [4.69, 9.17) is 22.7 Å². The number of carbonyl (C=O) groups excluding carboxylic acids is 2. The molecule has 0 bridgehead atoms. The van der Waals surface area contributed by atoms with Crippen molar-refractivity contribution in [3.8, 4) is 5.69 Å². The second-order valence-corrected chi connectivity index (χ2v) is 10.1. The lowest BCUT2D eigenvalue weighted by Gasteiger charge is -2.26. The van der Waals surface area contributed by atoms with Crippen LogP contribution < -0.4 is 16.4 Å². The Bertz CT molecular complexity index is 1410. The van der Waals surface area contributed by atoms with Gasteiger partial charge in [0.2, 0.25) is 0 Å². The summed E-state index contributed by atoms with van der Waals surface area (Å²) >= 11 is 5.82. The van der Waals surface area contributed by atoms with Crippen LogP contribution in [0.1, 0.15) is 35.6 Å². The fourth-order valence-electron chi connectivity index (χ4n) is 3.35. The molecule has 1 atom stereocenters. The van der Waals surface area contributed by atoms with Crippen LogP contribution in [-0.2, 0) is 6.54 Å². The van der Waals surface area contributed by atoms with Gasteiger partial charge >= 0.3 is 12.2 Å². The number of carbonyl (C=O) groups is 2. The molecular weight excluding hydrogens is 572 g/mol. The molecule has 1 heterocycles. The number of halogens is 5. The van der Waals surface area contributed by atoms with Gasteiger partial charge < -0.3 is 21.5 Å². The van der Waals surface area contributed by atoms with Crippen molar-refractivity contribution in [2.45, 2.75) is 38.2 Å². The molecule has 3 rings (SSSR count). The predicted molar refractivity (Wildman–Crippen MR) is 141 cm³/mol. The third kappa shape index (κ3) is 8.70. The van der Waals surface area contributed by atoms with Gasteiger partial charge in [-0.05, 0) is 56.3 Å². The van der Waals surface area contributed by atoms with Gasteiger partial charge in [-0.1, -0.05) is 11.6 Å². The number of urea groups is 1. The highest BCUT2D eigenvalue weighted by Gasteiger charge is 2.41. The molecule has 0 aliphatic rings. The van der Waals surface area contributed by atoms with Crippen molar-refractivity contribution in [3.63, 3.8) is 0 Å². The first kappa shape index (κ1) is 31.4. The minimum absolute atomic E-state index is 0.0218. The van der Waals surface area contributed by atoms with E-state index in [0.29, 0.717) is 9.92 Å². The van der Waals surface area contributed by atoms with Crippen molar-refractivity contribution in [2.75, 3.05) is 13.1 Å². The second-order valence-electron chi connectivity index (χ2n) is 9.62. The number of nitrogens with zero attached hydrogens (tertiary/aromatic N) is 4. The number of nitrogens with two attached hydrogens (primary N) is 1. The van der Waals surface area contributed by atoms with Crippen LogP contribution in [0.4, 0.5) is 22.4 Å². The molecule has 0 fully saturated rings. The highest BCUT2D eigenvalue weighted by Crippen LogP contribution is 2.22.